The quantitative estimate of drug-likeness (QED) is 0.689. The molecule has 1 saturated carbocycles. The second-order valence-corrected chi connectivity index (χ2v) is 7.64. The summed E-state index contributed by atoms with van der Waals surface area (Å²) in [4.78, 5) is 19.2. The number of hydrogen-bond donors (Lipinski definition) is 0. The molecule has 5 nitrogen and oxygen atoms in total. The Bertz CT molecular complexity index is 717. The summed E-state index contributed by atoms with van der Waals surface area (Å²) in [5.41, 5.74) is 1.19. The minimum Gasteiger partial charge on any atom is -0.497 e. The van der Waals surface area contributed by atoms with E-state index in [-0.39, 0.29) is 5.91 Å². The Labute approximate surface area is 156 Å². The van der Waals surface area contributed by atoms with Crippen molar-refractivity contribution < 1.29 is 9.53 Å². The second kappa shape index (κ2) is 8.39. The highest BCUT2D eigenvalue weighted by Gasteiger charge is 2.27. The molecule has 0 atom stereocenters. The minimum atomic E-state index is 0.242. The Hall–Kier alpha value is -2.30. The predicted octanol–water partition coefficient (Wildman–Crippen LogP) is 3.72. The minimum absolute atomic E-state index is 0.242. The number of hydrogen-bond acceptors (Lipinski definition) is 3. The van der Waals surface area contributed by atoms with Crippen LogP contribution in [0.1, 0.15) is 44.5 Å². The fraction of sp³-hybridized carbons (Fsp3) is 0.524. The van der Waals surface area contributed by atoms with Crippen molar-refractivity contribution in [2.75, 3.05) is 13.7 Å². The van der Waals surface area contributed by atoms with E-state index < -0.39 is 0 Å². The summed E-state index contributed by atoms with van der Waals surface area (Å²) in [6.45, 7) is 6.39. The highest BCUT2D eigenvalue weighted by molar-refractivity contribution is 5.76. The van der Waals surface area contributed by atoms with Crippen molar-refractivity contribution in [3.63, 3.8) is 0 Å². The standard InChI is InChI=1S/C21H29N3O2/c1-16(2)12-21(25)24(14-17-4-5-17)15-20-22-10-11-23(20)13-18-6-8-19(26-3)9-7-18/h6-11,16-17H,4-5,12-15H2,1-3H3. The van der Waals surface area contributed by atoms with Gasteiger partial charge in [0.1, 0.15) is 11.6 Å². The zero-order valence-electron chi connectivity index (χ0n) is 16.0. The number of carbonyl (C=O) groups is 1. The maximum atomic E-state index is 12.7. The molecule has 5 heteroatoms. The van der Waals surface area contributed by atoms with Crippen LogP contribution in [0.2, 0.25) is 0 Å². The highest BCUT2D eigenvalue weighted by Crippen LogP contribution is 2.30. The third kappa shape index (κ3) is 5.10. The zero-order valence-corrected chi connectivity index (χ0v) is 16.0. The van der Waals surface area contributed by atoms with Gasteiger partial charge in [0.15, 0.2) is 0 Å². The van der Waals surface area contributed by atoms with Crippen molar-refractivity contribution in [1.82, 2.24) is 14.5 Å². The van der Waals surface area contributed by atoms with Crippen molar-refractivity contribution in [3.05, 3.63) is 48.0 Å². The lowest BCUT2D eigenvalue weighted by Crippen LogP contribution is -2.34. The van der Waals surface area contributed by atoms with Gasteiger partial charge in [0, 0.05) is 31.9 Å². The van der Waals surface area contributed by atoms with E-state index >= 15 is 0 Å². The molecule has 2 aromatic rings. The Morgan fingerprint density at radius 3 is 2.65 bits per heavy atom. The molecule has 140 valence electrons. The molecule has 0 bridgehead atoms. The Kier molecular flexibility index (Phi) is 5.96. The topological polar surface area (TPSA) is 47.4 Å². The molecular formula is C21H29N3O2. The predicted molar refractivity (Wildman–Crippen MR) is 102 cm³/mol. The van der Waals surface area contributed by atoms with Gasteiger partial charge in [-0.05, 0) is 42.4 Å². The van der Waals surface area contributed by atoms with Crippen LogP contribution in [0.15, 0.2) is 36.7 Å². The summed E-state index contributed by atoms with van der Waals surface area (Å²) in [6.07, 6.45) is 6.90. The van der Waals surface area contributed by atoms with Gasteiger partial charge in [-0.2, -0.15) is 0 Å². The van der Waals surface area contributed by atoms with E-state index in [9.17, 15) is 4.79 Å². The van der Waals surface area contributed by atoms with E-state index in [2.05, 4.69) is 35.5 Å². The van der Waals surface area contributed by atoms with Crippen molar-refractivity contribution in [3.8, 4) is 5.75 Å². The van der Waals surface area contributed by atoms with Crippen LogP contribution < -0.4 is 4.74 Å². The first-order valence-electron chi connectivity index (χ1n) is 9.46. The van der Waals surface area contributed by atoms with E-state index in [1.165, 1.54) is 18.4 Å². The smallest absolute Gasteiger partial charge is 0.223 e. The van der Waals surface area contributed by atoms with Gasteiger partial charge in [0.25, 0.3) is 0 Å². The zero-order chi connectivity index (χ0) is 18.5. The number of benzene rings is 1. The summed E-state index contributed by atoms with van der Waals surface area (Å²) in [5.74, 6) is 3.10. The van der Waals surface area contributed by atoms with Gasteiger partial charge in [-0.3, -0.25) is 4.79 Å². The van der Waals surface area contributed by atoms with Gasteiger partial charge < -0.3 is 14.2 Å². The van der Waals surface area contributed by atoms with Crippen LogP contribution >= 0.6 is 0 Å². The molecule has 0 unspecified atom stereocenters. The monoisotopic (exact) mass is 355 g/mol. The van der Waals surface area contributed by atoms with E-state index in [4.69, 9.17) is 4.74 Å². The van der Waals surface area contributed by atoms with Gasteiger partial charge in [-0.25, -0.2) is 4.98 Å². The number of nitrogens with zero attached hydrogens (tertiary/aromatic N) is 3. The summed E-state index contributed by atoms with van der Waals surface area (Å²) < 4.78 is 7.35. The Balaban J connectivity index is 1.69. The van der Waals surface area contributed by atoms with Crippen LogP contribution in [0, 0.1) is 11.8 Å². The molecule has 26 heavy (non-hydrogen) atoms. The molecule has 1 aliphatic carbocycles. The summed E-state index contributed by atoms with van der Waals surface area (Å²) in [5, 5.41) is 0. The van der Waals surface area contributed by atoms with Gasteiger partial charge in [-0.15, -0.1) is 0 Å². The number of carbonyl (C=O) groups excluding carboxylic acids is 1. The van der Waals surface area contributed by atoms with Crippen LogP contribution in [0.3, 0.4) is 0 Å². The molecule has 0 saturated heterocycles. The van der Waals surface area contributed by atoms with E-state index in [1.54, 1.807) is 7.11 Å². The Morgan fingerprint density at radius 1 is 1.31 bits per heavy atom. The number of rotatable bonds is 9. The van der Waals surface area contributed by atoms with Crippen LogP contribution in [-0.2, 0) is 17.9 Å². The van der Waals surface area contributed by atoms with Gasteiger partial charge in [-0.1, -0.05) is 26.0 Å². The lowest BCUT2D eigenvalue weighted by Gasteiger charge is -2.24. The van der Waals surface area contributed by atoms with Crippen molar-refractivity contribution in [2.24, 2.45) is 11.8 Å². The van der Waals surface area contributed by atoms with Crippen molar-refractivity contribution in [2.45, 2.75) is 46.2 Å². The molecule has 3 rings (SSSR count). The number of imidazole rings is 1. The largest absolute Gasteiger partial charge is 0.497 e. The summed E-state index contributed by atoms with van der Waals surface area (Å²) in [7, 11) is 1.67. The molecule has 1 amide bonds. The molecule has 0 N–H and O–H groups in total. The molecule has 1 aliphatic rings. The van der Waals surface area contributed by atoms with Crippen LogP contribution in [0.5, 0.6) is 5.75 Å². The fourth-order valence-electron chi connectivity index (χ4n) is 3.08. The lowest BCUT2D eigenvalue weighted by molar-refractivity contribution is -0.133. The number of methoxy groups -OCH3 is 1. The van der Waals surface area contributed by atoms with Gasteiger partial charge >= 0.3 is 0 Å². The third-order valence-corrected chi connectivity index (χ3v) is 4.76. The molecule has 0 spiro atoms. The molecule has 1 heterocycles. The average molecular weight is 355 g/mol. The van der Waals surface area contributed by atoms with Crippen molar-refractivity contribution >= 4 is 5.91 Å². The third-order valence-electron chi connectivity index (χ3n) is 4.76. The lowest BCUT2D eigenvalue weighted by atomic mass is 10.1. The molecular weight excluding hydrogens is 326 g/mol. The van der Waals surface area contributed by atoms with Crippen LogP contribution in [0.4, 0.5) is 0 Å². The Morgan fingerprint density at radius 2 is 2.04 bits per heavy atom. The number of aromatic nitrogens is 2. The summed E-state index contributed by atoms with van der Waals surface area (Å²) >= 11 is 0. The average Bonchev–Trinajstić information content (AvgIpc) is 3.33. The highest BCUT2D eigenvalue weighted by atomic mass is 16.5. The van der Waals surface area contributed by atoms with E-state index in [1.807, 2.05) is 29.4 Å². The number of ether oxygens (including phenoxy) is 1. The SMILES string of the molecule is COc1ccc(Cn2ccnc2CN(CC2CC2)C(=O)CC(C)C)cc1. The summed E-state index contributed by atoms with van der Waals surface area (Å²) in [6, 6.07) is 8.07. The van der Waals surface area contributed by atoms with Crippen molar-refractivity contribution in [1.29, 1.82) is 0 Å². The van der Waals surface area contributed by atoms with Crippen LogP contribution in [-0.4, -0.2) is 34.0 Å². The van der Waals surface area contributed by atoms with E-state index in [0.717, 1.165) is 24.7 Å². The molecule has 0 radical (unpaired) electrons. The molecule has 1 aromatic carbocycles. The molecule has 1 aromatic heterocycles. The first-order chi connectivity index (χ1) is 12.5. The van der Waals surface area contributed by atoms with Gasteiger partial charge in [0.2, 0.25) is 5.91 Å². The molecule has 0 aliphatic heterocycles. The first-order valence-corrected chi connectivity index (χ1v) is 9.46. The maximum Gasteiger partial charge on any atom is 0.223 e. The molecule has 1 fully saturated rings. The second-order valence-electron chi connectivity index (χ2n) is 7.64. The maximum absolute atomic E-state index is 12.7. The number of amides is 1. The normalized spacial score (nSPS) is 13.8. The first kappa shape index (κ1) is 18.5. The fourth-order valence-corrected chi connectivity index (χ4v) is 3.08. The van der Waals surface area contributed by atoms with Gasteiger partial charge in [0.05, 0.1) is 13.7 Å². The van der Waals surface area contributed by atoms with E-state index in [0.29, 0.717) is 24.8 Å². The van der Waals surface area contributed by atoms with Crippen LogP contribution in [0.25, 0.3) is 0 Å².